The van der Waals surface area contributed by atoms with Gasteiger partial charge in [-0.2, -0.15) is 10.4 Å². The molecule has 1 aromatic carbocycles. The molecule has 0 aliphatic rings. The second-order valence-electron chi connectivity index (χ2n) is 3.53. The zero-order chi connectivity index (χ0) is 13.8. The Morgan fingerprint density at radius 3 is 2.84 bits per heavy atom. The highest BCUT2D eigenvalue weighted by atomic mass is 35.5. The highest BCUT2D eigenvalue weighted by molar-refractivity contribution is 6.33. The van der Waals surface area contributed by atoms with Crippen molar-refractivity contribution in [1.82, 2.24) is 10.2 Å². The van der Waals surface area contributed by atoms with Gasteiger partial charge in [0.25, 0.3) is 0 Å². The Labute approximate surface area is 113 Å². The zero-order valence-corrected chi connectivity index (χ0v) is 10.2. The summed E-state index contributed by atoms with van der Waals surface area (Å²) in [5.74, 6) is -0.805. The third-order valence-electron chi connectivity index (χ3n) is 2.31. The van der Waals surface area contributed by atoms with Crippen LogP contribution in [0.1, 0.15) is 15.9 Å². The number of nitrogens with one attached hydrogen (secondary N) is 1. The number of hydrogen-bond donors (Lipinski definition) is 2. The molecule has 0 aliphatic heterocycles. The van der Waals surface area contributed by atoms with E-state index < -0.39 is 5.97 Å². The van der Waals surface area contributed by atoms with Crippen molar-refractivity contribution >= 4 is 29.1 Å². The lowest BCUT2D eigenvalue weighted by atomic mass is 10.2. The van der Waals surface area contributed by atoms with Crippen LogP contribution in [-0.2, 0) is 0 Å². The molecule has 7 heteroatoms. The number of carboxylic acids is 1. The van der Waals surface area contributed by atoms with E-state index in [0.717, 1.165) is 0 Å². The second-order valence-corrected chi connectivity index (χ2v) is 3.94. The first-order valence-electron chi connectivity index (χ1n) is 5.13. The van der Waals surface area contributed by atoms with Crippen molar-refractivity contribution in [3.8, 4) is 6.07 Å². The maximum atomic E-state index is 10.8. The standard InChI is InChI=1S/C12H7ClN4O2/c13-9-5-7(12(18)19)1-2-10(9)16-11-8(6-14)3-4-15-17-11/h1-5H,(H,16,17)(H,18,19). The molecule has 2 N–H and O–H groups in total. The first kappa shape index (κ1) is 12.8. The summed E-state index contributed by atoms with van der Waals surface area (Å²) in [6.07, 6.45) is 1.40. The summed E-state index contributed by atoms with van der Waals surface area (Å²) in [7, 11) is 0. The minimum absolute atomic E-state index is 0.0789. The van der Waals surface area contributed by atoms with Gasteiger partial charge in [-0.3, -0.25) is 0 Å². The molecule has 1 heterocycles. The third-order valence-corrected chi connectivity index (χ3v) is 2.62. The van der Waals surface area contributed by atoms with Crippen LogP contribution in [0.5, 0.6) is 0 Å². The monoisotopic (exact) mass is 274 g/mol. The molecule has 0 atom stereocenters. The smallest absolute Gasteiger partial charge is 0.335 e. The van der Waals surface area contributed by atoms with E-state index in [4.69, 9.17) is 22.0 Å². The molecule has 0 radical (unpaired) electrons. The van der Waals surface area contributed by atoms with Gasteiger partial charge in [0.1, 0.15) is 6.07 Å². The molecular formula is C12H7ClN4O2. The molecular weight excluding hydrogens is 268 g/mol. The number of aromatic carboxylic acids is 1. The van der Waals surface area contributed by atoms with Crippen molar-refractivity contribution in [2.45, 2.75) is 0 Å². The molecule has 19 heavy (non-hydrogen) atoms. The molecule has 0 aliphatic carbocycles. The molecule has 94 valence electrons. The number of rotatable bonds is 3. The van der Waals surface area contributed by atoms with Gasteiger partial charge in [-0.1, -0.05) is 11.6 Å². The zero-order valence-electron chi connectivity index (χ0n) is 9.46. The van der Waals surface area contributed by atoms with Crippen LogP contribution in [0.2, 0.25) is 5.02 Å². The summed E-state index contributed by atoms with van der Waals surface area (Å²) in [5.41, 5.74) is 0.840. The number of nitrogens with zero attached hydrogens (tertiary/aromatic N) is 3. The van der Waals surface area contributed by atoms with Crippen LogP contribution in [0, 0.1) is 11.3 Å². The van der Waals surface area contributed by atoms with E-state index in [9.17, 15) is 4.79 Å². The quantitative estimate of drug-likeness (QED) is 0.892. The first-order valence-corrected chi connectivity index (χ1v) is 5.51. The molecule has 2 aromatic rings. The second kappa shape index (κ2) is 5.33. The Balaban J connectivity index is 2.34. The van der Waals surface area contributed by atoms with Gasteiger partial charge in [-0.05, 0) is 24.3 Å². The minimum Gasteiger partial charge on any atom is -0.478 e. The van der Waals surface area contributed by atoms with Crippen LogP contribution in [-0.4, -0.2) is 21.3 Å². The number of halogens is 1. The molecule has 0 spiro atoms. The fourth-order valence-corrected chi connectivity index (χ4v) is 1.62. The lowest BCUT2D eigenvalue weighted by Crippen LogP contribution is -2.01. The number of anilines is 2. The molecule has 6 nitrogen and oxygen atoms in total. The number of benzene rings is 1. The predicted octanol–water partition coefficient (Wildman–Crippen LogP) is 2.44. The molecule has 0 amide bonds. The van der Waals surface area contributed by atoms with Gasteiger partial charge >= 0.3 is 5.97 Å². The summed E-state index contributed by atoms with van der Waals surface area (Å²) in [6, 6.07) is 7.69. The normalized spacial score (nSPS) is 9.68. The Bertz CT molecular complexity index is 682. The Morgan fingerprint density at radius 1 is 1.42 bits per heavy atom. The van der Waals surface area contributed by atoms with Crippen molar-refractivity contribution in [3.05, 3.63) is 46.6 Å². The highest BCUT2D eigenvalue weighted by Crippen LogP contribution is 2.26. The van der Waals surface area contributed by atoms with Gasteiger partial charge in [0.05, 0.1) is 28.0 Å². The SMILES string of the molecule is N#Cc1ccnnc1Nc1ccc(C(=O)O)cc1Cl. The van der Waals surface area contributed by atoms with Crippen LogP contribution in [0.4, 0.5) is 11.5 Å². The summed E-state index contributed by atoms with van der Waals surface area (Å²) in [6.45, 7) is 0. The predicted molar refractivity (Wildman–Crippen MR) is 68.4 cm³/mol. The largest absolute Gasteiger partial charge is 0.478 e. The topological polar surface area (TPSA) is 98.9 Å². The van der Waals surface area contributed by atoms with E-state index >= 15 is 0 Å². The molecule has 0 bridgehead atoms. The maximum Gasteiger partial charge on any atom is 0.335 e. The van der Waals surface area contributed by atoms with Gasteiger partial charge in [-0.15, -0.1) is 5.10 Å². The third kappa shape index (κ3) is 2.78. The van der Waals surface area contributed by atoms with E-state index in [0.29, 0.717) is 11.3 Å². The Kier molecular flexibility index (Phi) is 3.59. The van der Waals surface area contributed by atoms with Crippen molar-refractivity contribution in [3.63, 3.8) is 0 Å². The number of aromatic nitrogens is 2. The number of carboxylic acid groups (broad SMARTS) is 1. The fourth-order valence-electron chi connectivity index (χ4n) is 1.39. The molecule has 2 rings (SSSR count). The van der Waals surface area contributed by atoms with E-state index in [1.807, 2.05) is 6.07 Å². The Morgan fingerprint density at radius 2 is 2.21 bits per heavy atom. The van der Waals surface area contributed by atoms with Gasteiger partial charge in [0, 0.05) is 0 Å². The van der Waals surface area contributed by atoms with Crippen molar-refractivity contribution < 1.29 is 9.90 Å². The Hall–Kier alpha value is -2.65. The minimum atomic E-state index is -1.06. The van der Waals surface area contributed by atoms with Crippen LogP contribution >= 0.6 is 11.6 Å². The van der Waals surface area contributed by atoms with Crippen molar-refractivity contribution in [1.29, 1.82) is 5.26 Å². The van der Waals surface area contributed by atoms with Gasteiger partial charge in [0.2, 0.25) is 0 Å². The molecule has 0 unspecified atom stereocenters. The van der Waals surface area contributed by atoms with E-state index in [1.165, 1.54) is 30.5 Å². The van der Waals surface area contributed by atoms with E-state index in [-0.39, 0.29) is 16.4 Å². The number of carbonyl (C=O) groups is 1. The first-order chi connectivity index (χ1) is 9.11. The average Bonchev–Trinajstić information content (AvgIpc) is 2.41. The van der Waals surface area contributed by atoms with Crippen molar-refractivity contribution in [2.24, 2.45) is 0 Å². The summed E-state index contributed by atoms with van der Waals surface area (Å²) in [5, 5.41) is 28.2. The fraction of sp³-hybridized carbons (Fsp3) is 0. The van der Waals surface area contributed by atoms with Crippen molar-refractivity contribution in [2.75, 3.05) is 5.32 Å². The van der Waals surface area contributed by atoms with Crippen LogP contribution in [0.25, 0.3) is 0 Å². The maximum absolute atomic E-state index is 10.8. The lowest BCUT2D eigenvalue weighted by molar-refractivity contribution is 0.0697. The molecule has 0 saturated heterocycles. The molecule has 1 aromatic heterocycles. The van der Waals surface area contributed by atoms with Crippen LogP contribution < -0.4 is 5.32 Å². The molecule has 0 saturated carbocycles. The number of nitriles is 1. The van der Waals surface area contributed by atoms with Crippen LogP contribution in [0.3, 0.4) is 0 Å². The summed E-state index contributed by atoms with van der Waals surface area (Å²) in [4.78, 5) is 10.8. The van der Waals surface area contributed by atoms with Gasteiger partial charge < -0.3 is 10.4 Å². The van der Waals surface area contributed by atoms with Gasteiger partial charge in [0.15, 0.2) is 5.82 Å². The van der Waals surface area contributed by atoms with Gasteiger partial charge in [-0.25, -0.2) is 4.79 Å². The summed E-state index contributed by atoms with van der Waals surface area (Å²) >= 11 is 5.96. The van der Waals surface area contributed by atoms with E-state index in [2.05, 4.69) is 15.5 Å². The van der Waals surface area contributed by atoms with Crippen LogP contribution in [0.15, 0.2) is 30.5 Å². The average molecular weight is 275 g/mol. The number of hydrogen-bond acceptors (Lipinski definition) is 5. The highest BCUT2D eigenvalue weighted by Gasteiger charge is 2.09. The molecule has 0 fully saturated rings. The van der Waals surface area contributed by atoms with E-state index in [1.54, 1.807) is 0 Å². The lowest BCUT2D eigenvalue weighted by Gasteiger charge is -2.08. The summed E-state index contributed by atoms with van der Waals surface area (Å²) < 4.78 is 0.